The Hall–Kier alpha value is -1.28. The number of benzene rings is 1. The van der Waals surface area contributed by atoms with E-state index in [0.29, 0.717) is 6.04 Å². The molecule has 0 spiro atoms. The van der Waals surface area contributed by atoms with Crippen molar-refractivity contribution in [2.45, 2.75) is 46.6 Å². The number of nitrogens with zero attached hydrogens (tertiary/aromatic N) is 1. The second kappa shape index (κ2) is 6.94. The van der Waals surface area contributed by atoms with Crippen LogP contribution in [0.5, 0.6) is 0 Å². The summed E-state index contributed by atoms with van der Waals surface area (Å²) in [5.41, 5.74) is 5.38. The maximum Gasteiger partial charge on any atom is 0.0347 e. The summed E-state index contributed by atoms with van der Waals surface area (Å²) in [6.07, 6.45) is 4.81. The van der Waals surface area contributed by atoms with E-state index < -0.39 is 0 Å². The van der Waals surface area contributed by atoms with E-state index in [0.717, 1.165) is 6.54 Å². The molecule has 1 saturated heterocycles. The molecular weight excluding hydrogens is 244 g/mol. The second-order valence-corrected chi connectivity index (χ2v) is 6.38. The van der Waals surface area contributed by atoms with Gasteiger partial charge in [0.15, 0.2) is 0 Å². The standard InChI is InChI=1S/C18H28N2/c1-14(2)5-8-20-9-6-17(7-10-20)19-18-12-15(3)11-16(4)13-18/h5,11-13,17,19H,6-10H2,1-4H3. The normalized spacial score (nSPS) is 17.0. The minimum Gasteiger partial charge on any atom is -0.382 e. The minimum absolute atomic E-state index is 0.624. The van der Waals surface area contributed by atoms with Crippen LogP contribution in [0, 0.1) is 13.8 Å². The van der Waals surface area contributed by atoms with Crippen LogP contribution in [0.15, 0.2) is 29.8 Å². The number of likely N-dealkylation sites (tertiary alicyclic amines) is 1. The molecule has 2 heteroatoms. The van der Waals surface area contributed by atoms with Crippen molar-refractivity contribution in [1.82, 2.24) is 4.90 Å². The van der Waals surface area contributed by atoms with E-state index in [1.165, 1.54) is 48.3 Å². The summed E-state index contributed by atoms with van der Waals surface area (Å²) in [7, 11) is 0. The molecule has 2 rings (SSSR count). The van der Waals surface area contributed by atoms with Crippen LogP contribution >= 0.6 is 0 Å². The highest BCUT2D eigenvalue weighted by atomic mass is 15.1. The van der Waals surface area contributed by atoms with Gasteiger partial charge in [-0.25, -0.2) is 0 Å². The lowest BCUT2D eigenvalue weighted by Gasteiger charge is -2.32. The lowest BCUT2D eigenvalue weighted by atomic mass is 10.0. The molecule has 1 aromatic carbocycles. The summed E-state index contributed by atoms with van der Waals surface area (Å²) in [4.78, 5) is 2.55. The average Bonchev–Trinajstić information content (AvgIpc) is 2.36. The topological polar surface area (TPSA) is 15.3 Å². The largest absolute Gasteiger partial charge is 0.382 e. The molecule has 0 atom stereocenters. The number of rotatable bonds is 4. The number of piperidine rings is 1. The molecule has 0 unspecified atom stereocenters. The van der Waals surface area contributed by atoms with Gasteiger partial charge in [0.2, 0.25) is 0 Å². The van der Waals surface area contributed by atoms with Crippen LogP contribution in [-0.2, 0) is 0 Å². The van der Waals surface area contributed by atoms with Gasteiger partial charge in [-0.05, 0) is 63.8 Å². The Morgan fingerprint density at radius 2 is 1.75 bits per heavy atom. The highest BCUT2D eigenvalue weighted by Crippen LogP contribution is 2.19. The first-order valence-electron chi connectivity index (χ1n) is 7.73. The summed E-state index contributed by atoms with van der Waals surface area (Å²) in [5.74, 6) is 0. The van der Waals surface area contributed by atoms with Crippen LogP contribution in [0.4, 0.5) is 5.69 Å². The van der Waals surface area contributed by atoms with Gasteiger partial charge in [-0.3, -0.25) is 4.90 Å². The Balaban J connectivity index is 1.83. The third-order valence-electron chi connectivity index (χ3n) is 3.94. The molecule has 1 fully saturated rings. The third kappa shape index (κ3) is 4.68. The smallest absolute Gasteiger partial charge is 0.0347 e. The number of hydrogen-bond acceptors (Lipinski definition) is 2. The zero-order valence-corrected chi connectivity index (χ0v) is 13.4. The molecule has 0 bridgehead atoms. The Kier molecular flexibility index (Phi) is 5.24. The molecule has 1 aliphatic heterocycles. The zero-order chi connectivity index (χ0) is 14.5. The van der Waals surface area contributed by atoms with E-state index >= 15 is 0 Å². The predicted octanol–water partition coefficient (Wildman–Crippen LogP) is 4.15. The highest BCUT2D eigenvalue weighted by molar-refractivity contribution is 5.49. The monoisotopic (exact) mass is 272 g/mol. The zero-order valence-electron chi connectivity index (χ0n) is 13.4. The first-order valence-corrected chi connectivity index (χ1v) is 7.73. The number of aryl methyl sites for hydroxylation is 2. The van der Waals surface area contributed by atoms with Crippen molar-refractivity contribution in [3.63, 3.8) is 0 Å². The number of hydrogen-bond donors (Lipinski definition) is 1. The molecule has 1 heterocycles. The number of anilines is 1. The van der Waals surface area contributed by atoms with Crippen molar-refractivity contribution in [2.75, 3.05) is 25.0 Å². The fraction of sp³-hybridized carbons (Fsp3) is 0.556. The molecule has 20 heavy (non-hydrogen) atoms. The molecule has 0 aliphatic carbocycles. The maximum absolute atomic E-state index is 3.71. The van der Waals surface area contributed by atoms with Crippen LogP contribution < -0.4 is 5.32 Å². The van der Waals surface area contributed by atoms with Gasteiger partial charge in [0.05, 0.1) is 0 Å². The average molecular weight is 272 g/mol. The molecule has 0 radical (unpaired) electrons. The highest BCUT2D eigenvalue weighted by Gasteiger charge is 2.18. The van der Waals surface area contributed by atoms with Crippen LogP contribution in [0.1, 0.15) is 37.8 Å². The van der Waals surface area contributed by atoms with Gasteiger partial charge in [-0.2, -0.15) is 0 Å². The van der Waals surface area contributed by atoms with Crippen LogP contribution in [0.3, 0.4) is 0 Å². The van der Waals surface area contributed by atoms with E-state index in [-0.39, 0.29) is 0 Å². The van der Waals surface area contributed by atoms with E-state index in [9.17, 15) is 0 Å². The number of allylic oxidation sites excluding steroid dienone is 1. The SMILES string of the molecule is CC(C)=CCN1CCC(Nc2cc(C)cc(C)c2)CC1. The molecule has 2 nitrogen and oxygen atoms in total. The first kappa shape index (κ1) is 15.1. The van der Waals surface area contributed by atoms with E-state index in [1.54, 1.807) is 0 Å². The minimum atomic E-state index is 0.624. The molecule has 0 aromatic heterocycles. The molecule has 0 saturated carbocycles. The summed E-state index contributed by atoms with van der Waals surface area (Å²) in [6, 6.07) is 7.36. The van der Waals surface area contributed by atoms with Gasteiger partial charge < -0.3 is 5.32 Å². The van der Waals surface area contributed by atoms with E-state index in [2.05, 4.69) is 62.2 Å². The van der Waals surface area contributed by atoms with Crippen molar-refractivity contribution in [1.29, 1.82) is 0 Å². The van der Waals surface area contributed by atoms with Gasteiger partial charge in [-0.1, -0.05) is 17.7 Å². The van der Waals surface area contributed by atoms with Gasteiger partial charge in [0.1, 0.15) is 0 Å². The van der Waals surface area contributed by atoms with Crippen molar-refractivity contribution in [3.8, 4) is 0 Å². The van der Waals surface area contributed by atoms with Gasteiger partial charge >= 0.3 is 0 Å². The van der Waals surface area contributed by atoms with Gasteiger partial charge in [0.25, 0.3) is 0 Å². The van der Waals surface area contributed by atoms with E-state index in [1.807, 2.05) is 0 Å². The molecule has 1 aromatic rings. The Bertz CT molecular complexity index is 444. The quantitative estimate of drug-likeness (QED) is 0.828. The van der Waals surface area contributed by atoms with Crippen LogP contribution in [-0.4, -0.2) is 30.6 Å². The lowest BCUT2D eigenvalue weighted by Crippen LogP contribution is -2.39. The van der Waals surface area contributed by atoms with Gasteiger partial charge in [0, 0.05) is 31.4 Å². The summed E-state index contributed by atoms with van der Waals surface area (Å²) in [5, 5.41) is 3.71. The summed E-state index contributed by atoms with van der Waals surface area (Å²) >= 11 is 0. The number of nitrogens with one attached hydrogen (secondary N) is 1. The molecule has 1 aliphatic rings. The fourth-order valence-corrected chi connectivity index (χ4v) is 2.87. The summed E-state index contributed by atoms with van der Waals surface area (Å²) in [6.45, 7) is 12.2. The molecule has 110 valence electrons. The van der Waals surface area contributed by atoms with Gasteiger partial charge in [-0.15, -0.1) is 0 Å². The second-order valence-electron chi connectivity index (χ2n) is 6.38. The molecular formula is C18H28N2. The first-order chi connectivity index (χ1) is 9.52. The van der Waals surface area contributed by atoms with Crippen molar-refractivity contribution in [2.24, 2.45) is 0 Å². The van der Waals surface area contributed by atoms with Crippen molar-refractivity contribution < 1.29 is 0 Å². The van der Waals surface area contributed by atoms with Crippen LogP contribution in [0.2, 0.25) is 0 Å². The molecule has 1 N–H and O–H groups in total. The van der Waals surface area contributed by atoms with E-state index in [4.69, 9.17) is 0 Å². The van der Waals surface area contributed by atoms with Crippen LogP contribution in [0.25, 0.3) is 0 Å². The Morgan fingerprint density at radius 3 is 2.30 bits per heavy atom. The van der Waals surface area contributed by atoms with Crippen molar-refractivity contribution >= 4 is 5.69 Å². The lowest BCUT2D eigenvalue weighted by molar-refractivity contribution is 0.240. The maximum atomic E-state index is 3.71. The third-order valence-corrected chi connectivity index (χ3v) is 3.94. The Morgan fingerprint density at radius 1 is 1.15 bits per heavy atom. The predicted molar refractivity (Wildman–Crippen MR) is 88.4 cm³/mol. The fourth-order valence-electron chi connectivity index (χ4n) is 2.87. The molecule has 0 amide bonds. The Labute approximate surface area is 123 Å². The summed E-state index contributed by atoms with van der Waals surface area (Å²) < 4.78 is 0. The van der Waals surface area contributed by atoms with Crippen molar-refractivity contribution in [3.05, 3.63) is 41.0 Å².